The third-order valence-corrected chi connectivity index (χ3v) is 6.72. The number of halogens is 2. The third-order valence-electron chi connectivity index (χ3n) is 4.03. The van der Waals surface area contributed by atoms with Crippen LogP contribution in [0.25, 0.3) is 11.5 Å². The van der Waals surface area contributed by atoms with E-state index in [0.29, 0.717) is 34.3 Å². The molecule has 1 N–H and O–H groups in total. The number of benzene rings is 1. The molecular weight excluding hydrogens is 401 g/mol. The monoisotopic (exact) mass is 417 g/mol. The lowest BCUT2D eigenvalue weighted by Gasteiger charge is -2.14. The lowest BCUT2D eigenvalue weighted by Crippen LogP contribution is -2.36. The lowest BCUT2D eigenvalue weighted by atomic mass is 10.2. The van der Waals surface area contributed by atoms with E-state index < -0.39 is 15.9 Å². The number of nitrogens with one attached hydrogen (secondary N) is 1. The SMILES string of the molecule is Cc1oc(-c2ccc(Cl)c(Cl)c2)nc1C(=O)NCCN1CCCS1(=O)=O. The minimum atomic E-state index is -3.17. The highest BCUT2D eigenvalue weighted by Gasteiger charge is 2.27. The minimum absolute atomic E-state index is 0.148. The fourth-order valence-electron chi connectivity index (χ4n) is 2.68. The third kappa shape index (κ3) is 4.03. The fourth-order valence-corrected chi connectivity index (χ4v) is 4.51. The van der Waals surface area contributed by atoms with Crippen LogP contribution in [0, 0.1) is 6.92 Å². The van der Waals surface area contributed by atoms with Gasteiger partial charge in [-0.3, -0.25) is 4.79 Å². The van der Waals surface area contributed by atoms with E-state index in [9.17, 15) is 13.2 Å². The molecule has 10 heteroatoms. The highest BCUT2D eigenvalue weighted by molar-refractivity contribution is 7.89. The van der Waals surface area contributed by atoms with E-state index in [1.165, 1.54) is 4.31 Å². The molecule has 0 radical (unpaired) electrons. The highest BCUT2D eigenvalue weighted by Crippen LogP contribution is 2.29. The Hall–Kier alpha value is -1.61. The number of carbonyl (C=O) groups is 1. The summed E-state index contributed by atoms with van der Waals surface area (Å²) in [5.74, 6) is 0.357. The van der Waals surface area contributed by atoms with E-state index >= 15 is 0 Å². The van der Waals surface area contributed by atoms with Crippen molar-refractivity contribution in [1.29, 1.82) is 0 Å². The Morgan fingerprint density at radius 2 is 2.12 bits per heavy atom. The Labute approximate surface area is 161 Å². The molecule has 1 fully saturated rings. The molecule has 2 aromatic rings. The lowest BCUT2D eigenvalue weighted by molar-refractivity contribution is 0.0946. The van der Waals surface area contributed by atoms with Gasteiger partial charge in [0, 0.05) is 25.2 Å². The summed E-state index contributed by atoms with van der Waals surface area (Å²) < 4.78 is 30.4. The van der Waals surface area contributed by atoms with Crippen molar-refractivity contribution in [2.45, 2.75) is 13.3 Å². The molecule has 2 heterocycles. The number of aryl methyl sites for hydroxylation is 1. The Morgan fingerprint density at radius 1 is 1.35 bits per heavy atom. The van der Waals surface area contributed by atoms with Crippen LogP contribution in [0.15, 0.2) is 22.6 Å². The topological polar surface area (TPSA) is 92.5 Å². The molecule has 0 unspecified atom stereocenters. The van der Waals surface area contributed by atoms with Gasteiger partial charge in [0.05, 0.1) is 15.8 Å². The minimum Gasteiger partial charge on any atom is -0.441 e. The molecule has 1 aromatic carbocycles. The number of hydrogen-bond acceptors (Lipinski definition) is 5. The Morgan fingerprint density at radius 3 is 2.77 bits per heavy atom. The van der Waals surface area contributed by atoms with E-state index in [1.54, 1.807) is 25.1 Å². The van der Waals surface area contributed by atoms with Gasteiger partial charge in [-0.15, -0.1) is 0 Å². The largest absolute Gasteiger partial charge is 0.441 e. The standard InChI is InChI=1S/C16H17Cl2N3O4S/c1-10-14(15(22)19-5-7-21-6-2-8-26(21,23)24)20-16(25-10)11-3-4-12(17)13(18)9-11/h3-4,9H,2,5-8H2,1H3,(H,19,22). The van der Waals surface area contributed by atoms with Gasteiger partial charge in [0.15, 0.2) is 5.69 Å². The molecule has 0 bridgehead atoms. The second kappa shape index (κ2) is 7.56. The Balaban J connectivity index is 1.66. The summed E-state index contributed by atoms with van der Waals surface area (Å²) in [5.41, 5.74) is 0.750. The first-order chi connectivity index (χ1) is 12.3. The summed E-state index contributed by atoms with van der Waals surface area (Å²) >= 11 is 11.9. The predicted molar refractivity (Wildman–Crippen MR) is 99.0 cm³/mol. The number of nitrogens with zero attached hydrogens (tertiary/aromatic N) is 2. The first-order valence-electron chi connectivity index (χ1n) is 7.97. The van der Waals surface area contributed by atoms with Gasteiger partial charge in [-0.2, -0.15) is 0 Å². The smallest absolute Gasteiger partial charge is 0.273 e. The van der Waals surface area contributed by atoms with E-state index in [-0.39, 0.29) is 30.4 Å². The maximum absolute atomic E-state index is 12.3. The molecule has 1 aliphatic heterocycles. The van der Waals surface area contributed by atoms with Crippen LogP contribution >= 0.6 is 23.2 Å². The first kappa shape index (κ1) is 19.2. The van der Waals surface area contributed by atoms with Crippen molar-refractivity contribution in [2.75, 3.05) is 25.4 Å². The Bertz CT molecular complexity index is 943. The van der Waals surface area contributed by atoms with Crippen LogP contribution in [0.3, 0.4) is 0 Å². The van der Waals surface area contributed by atoms with Crippen molar-refractivity contribution in [3.8, 4) is 11.5 Å². The van der Waals surface area contributed by atoms with E-state index in [4.69, 9.17) is 27.6 Å². The molecular formula is C16H17Cl2N3O4S. The number of carbonyl (C=O) groups excluding carboxylic acids is 1. The number of amides is 1. The molecule has 140 valence electrons. The molecule has 7 nitrogen and oxygen atoms in total. The fraction of sp³-hybridized carbons (Fsp3) is 0.375. The number of hydrogen-bond donors (Lipinski definition) is 1. The zero-order chi connectivity index (χ0) is 18.9. The van der Waals surface area contributed by atoms with Crippen molar-refractivity contribution in [2.24, 2.45) is 0 Å². The number of oxazole rings is 1. The molecule has 3 rings (SSSR count). The van der Waals surface area contributed by atoms with Gasteiger partial charge < -0.3 is 9.73 Å². The second-order valence-corrected chi connectivity index (χ2v) is 8.78. The zero-order valence-corrected chi connectivity index (χ0v) is 16.3. The summed E-state index contributed by atoms with van der Waals surface area (Å²) in [6, 6.07) is 4.92. The first-order valence-corrected chi connectivity index (χ1v) is 10.3. The van der Waals surface area contributed by atoms with Crippen LogP contribution in [-0.4, -0.2) is 49.0 Å². The van der Waals surface area contributed by atoms with Crippen molar-refractivity contribution in [3.63, 3.8) is 0 Å². The van der Waals surface area contributed by atoms with Crippen molar-refractivity contribution < 1.29 is 17.6 Å². The molecule has 0 saturated carbocycles. The van der Waals surface area contributed by atoms with Crippen LogP contribution in [0.2, 0.25) is 10.0 Å². The second-order valence-electron chi connectivity index (χ2n) is 5.88. The molecule has 26 heavy (non-hydrogen) atoms. The summed E-state index contributed by atoms with van der Waals surface area (Å²) in [5, 5.41) is 3.44. The van der Waals surface area contributed by atoms with Crippen molar-refractivity contribution in [1.82, 2.24) is 14.6 Å². The molecule has 0 spiro atoms. The van der Waals surface area contributed by atoms with Crippen LogP contribution in [-0.2, 0) is 10.0 Å². The van der Waals surface area contributed by atoms with Gasteiger partial charge in [-0.25, -0.2) is 17.7 Å². The van der Waals surface area contributed by atoms with Gasteiger partial charge in [-0.1, -0.05) is 23.2 Å². The number of aromatic nitrogens is 1. The zero-order valence-electron chi connectivity index (χ0n) is 14.0. The van der Waals surface area contributed by atoms with Gasteiger partial charge in [-0.05, 0) is 31.5 Å². The maximum Gasteiger partial charge on any atom is 0.273 e. The molecule has 1 saturated heterocycles. The summed E-state index contributed by atoms with van der Waals surface area (Å²) in [4.78, 5) is 16.5. The van der Waals surface area contributed by atoms with Crippen molar-refractivity contribution >= 4 is 39.1 Å². The Kier molecular flexibility index (Phi) is 5.57. The van der Waals surface area contributed by atoms with Gasteiger partial charge >= 0.3 is 0 Å². The van der Waals surface area contributed by atoms with Gasteiger partial charge in [0.2, 0.25) is 15.9 Å². The average molecular weight is 418 g/mol. The van der Waals surface area contributed by atoms with Gasteiger partial charge in [0.1, 0.15) is 5.76 Å². The normalized spacial score (nSPS) is 16.7. The van der Waals surface area contributed by atoms with Crippen LogP contribution in [0.4, 0.5) is 0 Å². The molecule has 1 aromatic heterocycles. The highest BCUT2D eigenvalue weighted by atomic mass is 35.5. The summed E-state index contributed by atoms with van der Waals surface area (Å²) in [6.45, 7) is 2.56. The summed E-state index contributed by atoms with van der Waals surface area (Å²) in [6.07, 6.45) is 0.617. The van der Waals surface area contributed by atoms with E-state index in [0.717, 1.165) is 0 Å². The number of sulfonamides is 1. The maximum atomic E-state index is 12.3. The molecule has 0 aliphatic carbocycles. The van der Waals surface area contributed by atoms with Crippen LogP contribution < -0.4 is 5.32 Å². The van der Waals surface area contributed by atoms with Crippen LogP contribution in [0.1, 0.15) is 22.7 Å². The average Bonchev–Trinajstić information content (AvgIpc) is 3.12. The van der Waals surface area contributed by atoms with Gasteiger partial charge in [0.25, 0.3) is 5.91 Å². The van der Waals surface area contributed by atoms with Crippen molar-refractivity contribution in [3.05, 3.63) is 39.7 Å². The summed E-state index contributed by atoms with van der Waals surface area (Å²) in [7, 11) is -3.17. The van der Waals surface area contributed by atoms with E-state index in [1.807, 2.05) is 0 Å². The molecule has 1 amide bonds. The quantitative estimate of drug-likeness (QED) is 0.806. The van der Waals surface area contributed by atoms with E-state index in [2.05, 4.69) is 10.3 Å². The van der Waals surface area contributed by atoms with Crippen LogP contribution in [0.5, 0.6) is 0 Å². The molecule has 1 aliphatic rings. The predicted octanol–water partition coefficient (Wildman–Crippen LogP) is 2.72. The molecule has 0 atom stereocenters. The number of rotatable bonds is 5.